The Kier molecular flexibility index (Phi) is 13.4. The van der Waals surface area contributed by atoms with Gasteiger partial charge in [-0.3, -0.25) is 0 Å². The molecule has 0 aliphatic carbocycles. The molecule has 0 unspecified atom stereocenters. The van der Waals surface area contributed by atoms with Crippen molar-refractivity contribution in [3.63, 3.8) is 0 Å². The van der Waals surface area contributed by atoms with Crippen LogP contribution in [0.15, 0.2) is 327 Å². The molecule has 19 rings (SSSR count). The van der Waals surface area contributed by atoms with E-state index in [0.717, 1.165) is 134 Å². The van der Waals surface area contributed by atoms with Gasteiger partial charge in [0, 0.05) is 77.9 Å². The van der Waals surface area contributed by atoms with Crippen LogP contribution in [-0.2, 0) is 27.1 Å². The van der Waals surface area contributed by atoms with Crippen LogP contribution in [0.3, 0.4) is 0 Å². The first-order chi connectivity index (χ1) is 61.8. The lowest BCUT2D eigenvalue weighted by Gasteiger charge is -2.46. The smallest absolute Gasteiger partial charge is 0.252 e. The molecule has 17 aromatic rings. The van der Waals surface area contributed by atoms with Gasteiger partial charge in [0.2, 0.25) is 0 Å². The molecule has 4 nitrogen and oxygen atoms in total. The van der Waals surface area contributed by atoms with Crippen molar-refractivity contribution in [2.45, 2.75) is 131 Å². The molecule has 0 saturated carbocycles. The molecule has 5 heteroatoms. The third-order valence-electron chi connectivity index (χ3n) is 23.5. The molecular formula is C110H99BN4. The van der Waals surface area contributed by atoms with Crippen LogP contribution in [0.4, 0.5) is 34.1 Å². The van der Waals surface area contributed by atoms with Crippen LogP contribution in [0.5, 0.6) is 0 Å². The van der Waals surface area contributed by atoms with Crippen LogP contribution in [0.2, 0.25) is 0 Å². The highest BCUT2D eigenvalue weighted by Crippen LogP contribution is 2.56. The normalized spacial score (nSPS) is 15.1. The largest absolute Gasteiger partial charge is 0.310 e. The molecule has 0 atom stereocenters. The van der Waals surface area contributed by atoms with Crippen molar-refractivity contribution in [2.24, 2.45) is 0 Å². The molecule has 15 aromatic carbocycles. The molecule has 4 heterocycles. The summed E-state index contributed by atoms with van der Waals surface area (Å²) >= 11 is 0. The van der Waals surface area contributed by atoms with Gasteiger partial charge in [0.05, 0.1) is 55.4 Å². The highest BCUT2D eigenvalue weighted by atomic mass is 15.2. The fourth-order valence-corrected chi connectivity index (χ4v) is 17.4. The van der Waals surface area contributed by atoms with Crippen molar-refractivity contribution in [3.8, 4) is 78.1 Å². The molecule has 0 radical (unpaired) electrons. The molecule has 0 saturated heterocycles. The second kappa shape index (κ2) is 27.1. The SMILES string of the molecule is [2H]c1c([2H])c([2H])c2c(c1[2H])c1c([2H])c([2H])c([2H])c([2H])c1n2-c1ccc2c(c1)N(c1c(-c3cccc(C(C)(C)C)c3)cccc1-c1cc(-c3ccccc3)cc(C(C)(C)C)c1)c1cc(C(C)(C)C)cc3c1B2c1ccc(-n2c4c([2H])c([2H])c([2H])c([2H])c4c4c([2H])c([2H])c([2H])c([2H])c42)cc1N3c1c(-c2cccc(C(C)(C)C)c2)cccc1-c1cc(-c2ccccc2)cc(C(C)(C)C)c1. The Hall–Kier alpha value is -12.4. The first-order valence-electron chi connectivity index (χ1n) is 47.8. The van der Waals surface area contributed by atoms with E-state index in [1.807, 2.05) is 48.5 Å². The fourth-order valence-electron chi connectivity index (χ4n) is 17.4. The second-order valence-corrected chi connectivity index (χ2v) is 36.2. The predicted molar refractivity (Wildman–Crippen MR) is 495 cm³/mol. The topological polar surface area (TPSA) is 16.3 Å². The monoisotopic (exact) mass is 1500 g/mol. The molecule has 0 fully saturated rings. The van der Waals surface area contributed by atoms with Gasteiger partial charge in [-0.25, -0.2) is 0 Å². The molecule has 0 amide bonds. The number of benzene rings is 15. The van der Waals surface area contributed by atoms with Gasteiger partial charge in [-0.15, -0.1) is 0 Å². The van der Waals surface area contributed by atoms with Crippen molar-refractivity contribution >= 4 is 101 Å². The van der Waals surface area contributed by atoms with E-state index in [1.54, 1.807) is 9.13 Å². The summed E-state index contributed by atoms with van der Waals surface area (Å²) in [6.45, 7) is 32.4. The molecule has 562 valence electrons. The third kappa shape index (κ3) is 12.5. The van der Waals surface area contributed by atoms with Gasteiger partial charge in [0.25, 0.3) is 6.71 Å². The average Bonchev–Trinajstić information content (AvgIpc) is 1.06. The maximum atomic E-state index is 10.0. The Labute approximate surface area is 702 Å². The molecule has 0 N–H and O–H groups in total. The van der Waals surface area contributed by atoms with E-state index < -0.39 is 120 Å². The van der Waals surface area contributed by atoms with Crippen LogP contribution >= 0.6 is 0 Å². The molecule has 2 aliphatic heterocycles. The number of rotatable bonds is 10. The highest BCUT2D eigenvalue weighted by Gasteiger charge is 2.47. The van der Waals surface area contributed by atoms with Gasteiger partial charge < -0.3 is 18.9 Å². The summed E-state index contributed by atoms with van der Waals surface area (Å²) in [4.78, 5) is 4.77. The van der Waals surface area contributed by atoms with E-state index in [9.17, 15) is 21.9 Å². The van der Waals surface area contributed by atoms with Crippen LogP contribution in [0.25, 0.3) is 122 Å². The zero-order chi connectivity index (χ0) is 93.3. The van der Waals surface area contributed by atoms with Crippen LogP contribution in [-0.4, -0.2) is 15.8 Å². The van der Waals surface area contributed by atoms with Crippen LogP contribution in [0.1, 0.15) is 154 Å². The Balaban J connectivity index is 1.05. The van der Waals surface area contributed by atoms with Gasteiger partial charge in [0.15, 0.2) is 0 Å². The summed E-state index contributed by atoms with van der Waals surface area (Å²) < 4.78 is 157. The first-order valence-corrected chi connectivity index (χ1v) is 39.8. The van der Waals surface area contributed by atoms with Gasteiger partial charge in [-0.05, 0) is 188 Å². The molecule has 115 heavy (non-hydrogen) atoms. The maximum Gasteiger partial charge on any atom is 0.252 e. The summed E-state index contributed by atoms with van der Waals surface area (Å²) in [5.74, 6) is 0. The fraction of sp³-hybridized carbons (Fsp3) is 0.182. The number of aromatic nitrogens is 2. The lowest BCUT2D eigenvalue weighted by atomic mass is 9.33. The lowest BCUT2D eigenvalue weighted by Crippen LogP contribution is -2.61. The third-order valence-corrected chi connectivity index (χ3v) is 23.5. The summed E-state index contributed by atoms with van der Waals surface area (Å²) in [5.41, 5.74) is 21.0. The first kappa shape index (κ1) is 56.7. The van der Waals surface area contributed by atoms with E-state index >= 15 is 0 Å². The minimum Gasteiger partial charge on any atom is -0.310 e. The Morgan fingerprint density at radius 2 is 0.539 bits per heavy atom. The van der Waals surface area contributed by atoms with Gasteiger partial charge in [0.1, 0.15) is 0 Å². The predicted octanol–water partition coefficient (Wildman–Crippen LogP) is 28.5. The van der Waals surface area contributed by atoms with Gasteiger partial charge >= 0.3 is 0 Å². The van der Waals surface area contributed by atoms with E-state index in [1.165, 1.54) is 0 Å². The van der Waals surface area contributed by atoms with Gasteiger partial charge in [-0.2, -0.15) is 0 Å². The Bertz CT molecular complexity index is 7170. The standard InChI is InChI=1S/C110H99BN4/c1-106(2,3)78-40-30-38-72(60-78)85-46-32-48-87(76-58-74(70-34-18-16-19-35-70)62-80(64-76)108(7,8)9)104(85)114-99-68-83(112-95-50-26-22-42-89(95)90-43-23-27-51-96(90)112)54-56-93(99)111-94-57-55-84(113-97-52-28-24-44-91(97)92-45-25-29-53-98(92)113)69-100(94)115(102-67-82(110(13,14)15)66-101(114)103(102)111)105-86(73-39-31-41-79(61-73)107(4,5)6)47-33-49-88(105)77-59-75(71-36-20-17-21-37-71)63-81(65-77)109(10,11)12/h16-69H,1-15H3/i22D,23D,24D,25D,26D,27D,28D,29D,42D,43D,44D,45D,50D,51D,52D,53D. The van der Waals surface area contributed by atoms with Crippen molar-refractivity contribution < 1.29 is 21.9 Å². The summed E-state index contributed by atoms with van der Waals surface area (Å²) in [6, 6.07) is 73.3. The van der Waals surface area contributed by atoms with Crippen LogP contribution < -0.4 is 26.2 Å². The van der Waals surface area contributed by atoms with E-state index in [4.69, 9.17) is 0 Å². The van der Waals surface area contributed by atoms with Gasteiger partial charge in [-0.1, -0.05) is 358 Å². The Morgan fingerprint density at radius 3 is 0.887 bits per heavy atom. The number of fused-ring (bicyclic) bond motifs is 10. The van der Waals surface area contributed by atoms with Crippen molar-refractivity contribution in [2.75, 3.05) is 9.80 Å². The lowest BCUT2D eigenvalue weighted by molar-refractivity contribution is 0.590. The quantitative estimate of drug-likeness (QED) is 0.127. The molecule has 2 aliphatic rings. The Morgan fingerprint density at radius 1 is 0.243 bits per heavy atom. The van der Waals surface area contributed by atoms with Crippen molar-refractivity contribution in [3.05, 3.63) is 355 Å². The van der Waals surface area contributed by atoms with E-state index in [2.05, 4.69) is 296 Å². The molecule has 0 bridgehead atoms. The van der Waals surface area contributed by atoms with E-state index in [-0.39, 0.29) is 54.4 Å². The minimum atomic E-state index is -0.808. The summed E-state index contributed by atoms with van der Waals surface area (Å²) in [5, 5.41) is -0.299. The second-order valence-electron chi connectivity index (χ2n) is 36.2. The maximum absolute atomic E-state index is 10.0. The number of hydrogen-bond donors (Lipinski definition) is 0. The average molecular weight is 1500 g/mol. The molecule has 2 aromatic heterocycles. The zero-order valence-electron chi connectivity index (χ0n) is 83.8. The van der Waals surface area contributed by atoms with Crippen molar-refractivity contribution in [1.82, 2.24) is 9.13 Å². The number of nitrogens with zero attached hydrogens (tertiary/aromatic N) is 4. The van der Waals surface area contributed by atoms with Crippen molar-refractivity contribution in [1.29, 1.82) is 0 Å². The van der Waals surface area contributed by atoms with Crippen LogP contribution in [0, 0.1) is 0 Å². The number of para-hydroxylation sites is 6. The zero-order valence-corrected chi connectivity index (χ0v) is 67.8. The summed E-state index contributed by atoms with van der Waals surface area (Å²) in [6.07, 6.45) is 0. The van der Waals surface area contributed by atoms with E-state index in [0.29, 0.717) is 22.7 Å². The highest BCUT2D eigenvalue weighted by molar-refractivity contribution is 7.00. The number of anilines is 6. The molecular weight excluding hydrogens is 1390 g/mol. The number of hydrogen-bond acceptors (Lipinski definition) is 2. The molecule has 0 spiro atoms. The summed E-state index contributed by atoms with van der Waals surface area (Å²) in [7, 11) is 0. The minimum absolute atomic E-state index is 0.0528.